The lowest BCUT2D eigenvalue weighted by Crippen LogP contribution is -2.66. The Hall–Kier alpha value is -0.330. The summed E-state index contributed by atoms with van der Waals surface area (Å²) >= 11 is 0. The Labute approximate surface area is 192 Å². The third kappa shape index (κ3) is 2.65. The zero-order valence-corrected chi connectivity index (χ0v) is 21.9. The van der Waals surface area contributed by atoms with Crippen LogP contribution in [0.25, 0.3) is 0 Å². The number of rotatable bonds is 1. The highest BCUT2D eigenvalue weighted by Gasteiger charge is 2.70. The third-order valence-corrected chi connectivity index (χ3v) is 13.5. The predicted octanol–water partition coefficient (Wildman–Crippen LogP) is 8.31. The molecule has 176 valence electrons. The normalized spacial score (nSPS) is 55.9. The van der Waals surface area contributed by atoms with Crippen molar-refractivity contribution in [3.63, 3.8) is 0 Å². The van der Waals surface area contributed by atoms with Gasteiger partial charge in [-0.3, -0.25) is 4.79 Å². The molecule has 0 spiro atoms. The minimum absolute atomic E-state index is 0.120. The minimum atomic E-state index is -0.120. The molecule has 5 aliphatic carbocycles. The average Bonchev–Trinajstić information content (AvgIpc) is 3.04. The van der Waals surface area contributed by atoms with Gasteiger partial charge in [0, 0.05) is 11.8 Å². The zero-order valence-electron chi connectivity index (χ0n) is 21.9. The van der Waals surface area contributed by atoms with Crippen molar-refractivity contribution in [1.29, 1.82) is 0 Å². The summed E-state index contributed by atoms with van der Waals surface area (Å²) in [6.45, 7) is 20.3. The molecule has 0 saturated heterocycles. The molecule has 0 aliphatic heterocycles. The number of ketones is 1. The Bertz CT molecular complexity index is 764. The lowest BCUT2D eigenvalue weighted by molar-refractivity contribution is -0.234. The fourth-order valence-electron chi connectivity index (χ4n) is 11.5. The van der Waals surface area contributed by atoms with E-state index in [9.17, 15) is 4.79 Å². The molecule has 1 nitrogen and oxygen atoms in total. The number of carbonyl (C=O) groups excluding carboxylic acids is 1. The first-order chi connectivity index (χ1) is 14.3. The first kappa shape index (κ1) is 22.5. The molecule has 2 unspecified atom stereocenters. The zero-order chi connectivity index (χ0) is 22.6. The lowest BCUT2D eigenvalue weighted by atomic mass is 9.32. The number of carbonyl (C=O) groups is 1. The molecule has 0 heterocycles. The molecular formula is C30H50O. The summed E-state index contributed by atoms with van der Waals surface area (Å²) in [5, 5.41) is 0. The second-order valence-corrected chi connectivity index (χ2v) is 14.9. The van der Waals surface area contributed by atoms with Gasteiger partial charge in [-0.05, 0) is 115 Å². The van der Waals surface area contributed by atoms with Crippen LogP contribution >= 0.6 is 0 Å². The first-order valence-electron chi connectivity index (χ1n) is 13.8. The van der Waals surface area contributed by atoms with Crippen LogP contribution in [0.15, 0.2) is 0 Å². The molecule has 9 atom stereocenters. The van der Waals surface area contributed by atoms with Crippen molar-refractivity contribution in [2.24, 2.45) is 62.6 Å². The summed E-state index contributed by atoms with van der Waals surface area (Å²) in [7, 11) is 0. The van der Waals surface area contributed by atoms with E-state index in [2.05, 4.69) is 55.4 Å². The van der Waals surface area contributed by atoms with E-state index in [1.165, 1.54) is 51.4 Å². The van der Waals surface area contributed by atoms with Crippen molar-refractivity contribution in [3.05, 3.63) is 0 Å². The van der Waals surface area contributed by atoms with Gasteiger partial charge in [0.1, 0.15) is 5.78 Å². The van der Waals surface area contributed by atoms with Gasteiger partial charge in [-0.25, -0.2) is 0 Å². The van der Waals surface area contributed by atoms with E-state index in [1.807, 2.05) is 0 Å². The molecule has 0 bridgehead atoms. The molecule has 0 aromatic rings. The lowest BCUT2D eigenvalue weighted by Gasteiger charge is -2.72. The molecule has 0 radical (unpaired) electrons. The van der Waals surface area contributed by atoms with Crippen LogP contribution in [0, 0.1) is 62.6 Å². The van der Waals surface area contributed by atoms with Gasteiger partial charge in [0.25, 0.3) is 0 Å². The van der Waals surface area contributed by atoms with Crippen LogP contribution in [0.1, 0.15) is 120 Å². The van der Waals surface area contributed by atoms with Gasteiger partial charge in [-0.15, -0.1) is 0 Å². The van der Waals surface area contributed by atoms with Gasteiger partial charge in [0.2, 0.25) is 0 Å². The summed E-state index contributed by atoms with van der Waals surface area (Å²) in [5.74, 6) is 5.56. The van der Waals surface area contributed by atoms with Gasteiger partial charge >= 0.3 is 0 Å². The molecule has 0 N–H and O–H groups in total. The average molecular weight is 427 g/mol. The standard InChI is InChI=1S/C30H50O/c1-19(2)20-11-14-27(5)17-18-29(7)21(25(20)27)9-10-23-28(6)15-13-24(31)26(3,4)22(28)12-16-30(23,29)8/h19-23,25H,9-18H2,1-8H3/t20-,21+,22?,23+,25?,27+,28-,29+,30+/m0/s1. The Balaban J connectivity index is 1.54. The molecular weight excluding hydrogens is 376 g/mol. The van der Waals surface area contributed by atoms with Crippen molar-refractivity contribution >= 4 is 5.78 Å². The summed E-state index contributed by atoms with van der Waals surface area (Å²) in [4.78, 5) is 12.9. The van der Waals surface area contributed by atoms with Crippen molar-refractivity contribution in [1.82, 2.24) is 0 Å². The largest absolute Gasteiger partial charge is 0.299 e. The van der Waals surface area contributed by atoms with Crippen LogP contribution in [-0.2, 0) is 4.79 Å². The van der Waals surface area contributed by atoms with Gasteiger partial charge in [-0.1, -0.05) is 55.4 Å². The predicted molar refractivity (Wildman–Crippen MR) is 130 cm³/mol. The second-order valence-electron chi connectivity index (χ2n) is 14.9. The van der Waals surface area contributed by atoms with E-state index >= 15 is 0 Å². The van der Waals surface area contributed by atoms with E-state index in [0.29, 0.717) is 33.4 Å². The quantitative estimate of drug-likeness (QED) is 0.412. The Kier molecular flexibility index (Phi) is 4.80. The van der Waals surface area contributed by atoms with E-state index in [1.54, 1.807) is 0 Å². The Morgan fingerprint density at radius 3 is 2.13 bits per heavy atom. The smallest absolute Gasteiger partial charge is 0.138 e. The maximum absolute atomic E-state index is 12.9. The minimum Gasteiger partial charge on any atom is -0.299 e. The van der Waals surface area contributed by atoms with Crippen molar-refractivity contribution in [3.8, 4) is 0 Å². The van der Waals surface area contributed by atoms with E-state index < -0.39 is 0 Å². The maximum atomic E-state index is 12.9. The number of hydrogen-bond acceptors (Lipinski definition) is 1. The van der Waals surface area contributed by atoms with Crippen LogP contribution in [0.3, 0.4) is 0 Å². The Morgan fingerprint density at radius 1 is 0.742 bits per heavy atom. The second kappa shape index (κ2) is 6.63. The van der Waals surface area contributed by atoms with Crippen LogP contribution in [0.2, 0.25) is 0 Å². The molecule has 0 aromatic carbocycles. The van der Waals surface area contributed by atoms with Crippen LogP contribution in [0.4, 0.5) is 0 Å². The van der Waals surface area contributed by atoms with Crippen LogP contribution in [-0.4, -0.2) is 5.78 Å². The Morgan fingerprint density at radius 2 is 1.45 bits per heavy atom. The topological polar surface area (TPSA) is 17.1 Å². The maximum Gasteiger partial charge on any atom is 0.138 e. The number of Topliss-reactive ketones (excluding diaryl/α,β-unsaturated/α-hetero) is 1. The summed E-state index contributed by atoms with van der Waals surface area (Å²) in [6, 6.07) is 0. The molecule has 0 aromatic heterocycles. The van der Waals surface area contributed by atoms with Crippen molar-refractivity contribution < 1.29 is 4.79 Å². The molecule has 0 amide bonds. The molecule has 5 rings (SSSR count). The van der Waals surface area contributed by atoms with Gasteiger partial charge < -0.3 is 0 Å². The summed E-state index contributed by atoms with van der Waals surface area (Å²) in [6.07, 6.45) is 13.3. The third-order valence-electron chi connectivity index (χ3n) is 13.5. The molecule has 5 saturated carbocycles. The highest BCUT2D eigenvalue weighted by Crippen LogP contribution is 2.77. The number of hydrogen-bond donors (Lipinski definition) is 0. The summed E-state index contributed by atoms with van der Waals surface area (Å²) < 4.78 is 0. The van der Waals surface area contributed by atoms with Gasteiger partial charge in [-0.2, -0.15) is 0 Å². The highest BCUT2D eigenvalue weighted by atomic mass is 16.1. The first-order valence-corrected chi connectivity index (χ1v) is 13.8. The number of fused-ring (bicyclic) bond motifs is 7. The fraction of sp³-hybridized carbons (Fsp3) is 0.967. The molecule has 5 aliphatic rings. The van der Waals surface area contributed by atoms with E-state index in [-0.39, 0.29) is 5.41 Å². The van der Waals surface area contributed by atoms with Gasteiger partial charge in [0.15, 0.2) is 0 Å². The fourth-order valence-corrected chi connectivity index (χ4v) is 11.5. The van der Waals surface area contributed by atoms with Crippen LogP contribution < -0.4 is 0 Å². The van der Waals surface area contributed by atoms with Crippen molar-refractivity contribution in [2.75, 3.05) is 0 Å². The molecule has 1 heteroatoms. The highest BCUT2D eigenvalue weighted by molar-refractivity contribution is 5.85. The SMILES string of the molecule is CC(C)[C@@H]1CC[C@]2(C)CC[C@]3(C)[C@H](CC[C@@H]4[C@@]5(C)CCC(=O)C(C)(C)C5CC[C@]43C)C12. The monoisotopic (exact) mass is 426 g/mol. The molecule has 5 fully saturated rings. The van der Waals surface area contributed by atoms with E-state index in [4.69, 9.17) is 0 Å². The summed E-state index contributed by atoms with van der Waals surface area (Å²) in [5.41, 5.74) is 1.76. The van der Waals surface area contributed by atoms with E-state index in [0.717, 1.165) is 42.4 Å². The van der Waals surface area contributed by atoms with Crippen molar-refractivity contribution in [2.45, 2.75) is 120 Å². The molecule has 31 heavy (non-hydrogen) atoms. The van der Waals surface area contributed by atoms with Crippen LogP contribution in [0.5, 0.6) is 0 Å². The van der Waals surface area contributed by atoms with Gasteiger partial charge in [0.05, 0.1) is 0 Å².